The van der Waals surface area contributed by atoms with E-state index in [4.69, 9.17) is 32.5 Å². The van der Waals surface area contributed by atoms with E-state index in [1.165, 1.54) is 0 Å². The Morgan fingerprint density at radius 2 is 2.17 bits per heavy atom. The Labute approximate surface area is 115 Å². The van der Waals surface area contributed by atoms with E-state index >= 15 is 0 Å². The molecule has 0 spiro atoms. The van der Waals surface area contributed by atoms with Crippen LogP contribution >= 0.6 is 23.2 Å². The van der Waals surface area contributed by atoms with E-state index in [-0.39, 0.29) is 6.61 Å². The number of rotatable bonds is 5. The number of benzene rings is 1. The molecule has 0 saturated carbocycles. The molecule has 0 fully saturated rings. The predicted molar refractivity (Wildman–Crippen MR) is 69.1 cm³/mol. The highest BCUT2D eigenvalue weighted by atomic mass is 35.5. The van der Waals surface area contributed by atoms with E-state index in [1.54, 1.807) is 18.2 Å². The van der Waals surface area contributed by atoms with Crippen LogP contribution in [0.3, 0.4) is 0 Å². The molecule has 4 nitrogen and oxygen atoms in total. The van der Waals surface area contributed by atoms with Crippen LogP contribution in [-0.2, 0) is 13.0 Å². The molecule has 0 amide bonds. The fraction of sp³-hybridized carbons (Fsp3) is 0.333. The molecule has 0 aliphatic heterocycles. The summed E-state index contributed by atoms with van der Waals surface area (Å²) in [6.07, 6.45) is 1.73. The van der Waals surface area contributed by atoms with Crippen molar-refractivity contribution in [2.45, 2.75) is 26.4 Å². The molecule has 0 atom stereocenters. The zero-order valence-corrected chi connectivity index (χ0v) is 11.3. The smallest absolute Gasteiger partial charge is 0.226 e. The van der Waals surface area contributed by atoms with Crippen LogP contribution in [0, 0.1) is 0 Å². The molecular weight excluding hydrogens is 275 g/mol. The van der Waals surface area contributed by atoms with Crippen molar-refractivity contribution in [3.05, 3.63) is 40.0 Å². The summed E-state index contributed by atoms with van der Waals surface area (Å²) in [7, 11) is 0. The summed E-state index contributed by atoms with van der Waals surface area (Å²) in [5.74, 6) is 1.62. The molecule has 0 radical (unpaired) electrons. The zero-order chi connectivity index (χ0) is 13.0. The Morgan fingerprint density at radius 1 is 1.33 bits per heavy atom. The van der Waals surface area contributed by atoms with Crippen molar-refractivity contribution in [3.8, 4) is 5.75 Å². The molecule has 2 aromatic rings. The van der Waals surface area contributed by atoms with E-state index in [9.17, 15) is 0 Å². The number of aryl methyl sites for hydroxylation is 1. The van der Waals surface area contributed by atoms with Crippen molar-refractivity contribution < 1.29 is 9.26 Å². The lowest BCUT2D eigenvalue weighted by Crippen LogP contribution is -1.98. The average Bonchev–Trinajstić information content (AvgIpc) is 2.79. The number of hydrogen-bond donors (Lipinski definition) is 0. The fourth-order valence-electron chi connectivity index (χ4n) is 1.39. The van der Waals surface area contributed by atoms with E-state index < -0.39 is 0 Å². The van der Waals surface area contributed by atoms with Crippen LogP contribution in [0.15, 0.2) is 22.7 Å². The van der Waals surface area contributed by atoms with Crippen LogP contribution in [-0.4, -0.2) is 10.1 Å². The van der Waals surface area contributed by atoms with Gasteiger partial charge in [0.1, 0.15) is 5.75 Å². The van der Waals surface area contributed by atoms with Crippen molar-refractivity contribution in [1.29, 1.82) is 0 Å². The first kappa shape index (κ1) is 13.2. The Morgan fingerprint density at radius 3 is 2.94 bits per heavy atom. The normalized spacial score (nSPS) is 10.6. The van der Waals surface area contributed by atoms with Crippen LogP contribution in [0.4, 0.5) is 0 Å². The predicted octanol–water partition coefficient (Wildman–Crippen LogP) is 3.91. The molecule has 0 bridgehead atoms. The number of ether oxygens (including phenoxy) is 1. The molecule has 1 heterocycles. The van der Waals surface area contributed by atoms with Crippen molar-refractivity contribution in [3.63, 3.8) is 0 Å². The lowest BCUT2D eigenvalue weighted by Gasteiger charge is -2.05. The standard InChI is InChI=1S/C12H12Cl2N2O2/c1-2-3-12-15-11(16-18-12)7-17-10-6-8(13)4-5-9(10)14/h4-6H,2-3,7H2,1H3. The number of hydrogen-bond acceptors (Lipinski definition) is 4. The van der Waals surface area contributed by atoms with E-state index in [2.05, 4.69) is 10.1 Å². The zero-order valence-electron chi connectivity index (χ0n) is 9.82. The largest absolute Gasteiger partial charge is 0.484 e. The molecule has 0 aliphatic rings. The molecule has 96 valence electrons. The molecule has 0 saturated heterocycles. The summed E-state index contributed by atoms with van der Waals surface area (Å²) in [5.41, 5.74) is 0. The highest BCUT2D eigenvalue weighted by molar-refractivity contribution is 6.34. The van der Waals surface area contributed by atoms with Crippen LogP contribution in [0.5, 0.6) is 5.75 Å². The van der Waals surface area contributed by atoms with Crippen LogP contribution < -0.4 is 4.74 Å². The topological polar surface area (TPSA) is 48.2 Å². The first-order chi connectivity index (χ1) is 8.69. The fourth-order valence-corrected chi connectivity index (χ4v) is 1.73. The second-order valence-electron chi connectivity index (χ2n) is 3.72. The van der Waals surface area contributed by atoms with Crippen LogP contribution in [0.2, 0.25) is 10.0 Å². The summed E-state index contributed by atoms with van der Waals surface area (Å²) in [4.78, 5) is 4.19. The Hall–Kier alpha value is -1.26. The van der Waals surface area contributed by atoms with Crippen molar-refractivity contribution in [2.24, 2.45) is 0 Å². The van der Waals surface area contributed by atoms with E-state index in [1.807, 2.05) is 6.92 Å². The lowest BCUT2D eigenvalue weighted by atomic mass is 10.3. The molecule has 0 aliphatic carbocycles. The van der Waals surface area contributed by atoms with Crippen molar-refractivity contribution in [2.75, 3.05) is 0 Å². The third-order valence-electron chi connectivity index (χ3n) is 2.22. The lowest BCUT2D eigenvalue weighted by molar-refractivity contribution is 0.285. The van der Waals surface area contributed by atoms with Gasteiger partial charge in [0.25, 0.3) is 0 Å². The van der Waals surface area contributed by atoms with E-state index in [0.717, 1.165) is 12.8 Å². The number of halogens is 2. The molecule has 0 N–H and O–H groups in total. The minimum atomic E-state index is 0.202. The molecule has 1 aromatic heterocycles. The maximum Gasteiger partial charge on any atom is 0.226 e. The van der Waals surface area contributed by atoms with Gasteiger partial charge in [0, 0.05) is 17.5 Å². The number of aromatic nitrogens is 2. The third-order valence-corrected chi connectivity index (χ3v) is 2.77. The quantitative estimate of drug-likeness (QED) is 0.836. The Bertz CT molecular complexity index is 529. The maximum absolute atomic E-state index is 5.97. The minimum absolute atomic E-state index is 0.202. The summed E-state index contributed by atoms with van der Waals surface area (Å²) in [6, 6.07) is 5.03. The highest BCUT2D eigenvalue weighted by Gasteiger charge is 2.08. The van der Waals surface area contributed by atoms with Gasteiger partial charge >= 0.3 is 0 Å². The van der Waals surface area contributed by atoms with Gasteiger partial charge in [-0.15, -0.1) is 0 Å². The molecule has 18 heavy (non-hydrogen) atoms. The summed E-state index contributed by atoms with van der Waals surface area (Å²) in [5, 5.41) is 4.88. The molecule has 6 heteroatoms. The first-order valence-electron chi connectivity index (χ1n) is 5.58. The Kier molecular flexibility index (Phi) is 4.44. The van der Waals surface area contributed by atoms with Gasteiger partial charge in [-0.25, -0.2) is 0 Å². The minimum Gasteiger partial charge on any atom is -0.484 e. The highest BCUT2D eigenvalue weighted by Crippen LogP contribution is 2.28. The Balaban J connectivity index is 1.99. The monoisotopic (exact) mass is 286 g/mol. The van der Waals surface area contributed by atoms with Gasteiger partial charge in [-0.1, -0.05) is 35.3 Å². The van der Waals surface area contributed by atoms with Crippen LogP contribution in [0.25, 0.3) is 0 Å². The molecule has 0 unspecified atom stereocenters. The molecule has 2 rings (SSSR count). The van der Waals surface area contributed by atoms with Gasteiger partial charge in [-0.05, 0) is 18.6 Å². The summed E-state index contributed by atoms with van der Waals surface area (Å²) >= 11 is 11.8. The maximum atomic E-state index is 5.97. The van der Waals surface area contributed by atoms with Gasteiger partial charge < -0.3 is 9.26 Å². The molecular formula is C12H12Cl2N2O2. The summed E-state index contributed by atoms with van der Waals surface area (Å²) in [6.45, 7) is 2.25. The van der Waals surface area contributed by atoms with Crippen LogP contribution in [0.1, 0.15) is 25.1 Å². The van der Waals surface area contributed by atoms with E-state index in [0.29, 0.717) is 27.5 Å². The second-order valence-corrected chi connectivity index (χ2v) is 4.56. The van der Waals surface area contributed by atoms with Gasteiger partial charge in [0.05, 0.1) is 5.02 Å². The second kappa shape index (κ2) is 6.07. The van der Waals surface area contributed by atoms with Gasteiger partial charge in [-0.3, -0.25) is 0 Å². The first-order valence-corrected chi connectivity index (χ1v) is 6.34. The van der Waals surface area contributed by atoms with Gasteiger partial charge in [-0.2, -0.15) is 4.98 Å². The number of nitrogens with zero attached hydrogens (tertiary/aromatic N) is 2. The SMILES string of the molecule is CCCc1nc(COc2cc(Cl)ccc2Cl)no1. The third kappa shape index (κ3) is 3.37. The summed E-state index contributed by atoms with van der Waals surface area (Å²) < 4.78 is 10.5. The van der Waals surface area contributed by atoms with Crippen molar-refractivity contribution >= 4 is 23.2 Å². The van der Waals surface area contributed by atoms with Gasteiger partial charge in [0.2, 0.25) is 11.7 Å². The average molecular weight is 287 g/mol. The molecule has 1 aromatic carbocycles. The van der Waals surface area contributed by atoms with Gasteiger partial charge in [0.15, 0.2) is 6.61 Å². The van der Waals surface area contributed by atoms with Crippen molar-refractivity contribution in [1.82, 2.24) is 10.1 Å².